The molecule has 4 N–H and O–H groups in total. The first kappa shape index (κ1) is 12.0. The zero-order valence-corrected chi connectivity index (χ0v) is 10.3. The molecule has 1 aromatic carbocycles. The van der Waals surface area contributed by atoms with E-state index in [9.17, 15) is 10.2 Å². The van der Waals surface area contributed by atoms with Crippen molar-refractivity contribution in [1.29, 1.82) is 0 Å². The van der Waals surface area contributed by atoms with E-state index in [0.717, 1.165) is 0 Å². The first-order valence-corrected chi connectivity index (χ1v) is 5.49. The molecular weight excluding hydrogens is 240 g/mol. The molecule has 0 unspecified atom stereocenters. The third kappa shape index (κ3) is 2.01. The Bertz CT molecular complexity index is 591. The Kier molecular flexibility index (Phi) is 2.64. The van der Waals surface area contributed by atoms with E-state index < -0.39 is 5.60 Å². The molecule has 0 spiro atoms. The maximum atomic E-state index is 9.92. The molecule has 2 rings (SSSR count). The Hall–Kier alpha value is -1.52. The Morgan fingerprint density at radius 2 is 2.00 bits per heavy atom. The van der Waals surface area contributed by atoms with E-state index in [4.69, 9.17) is 17.3 Å². The average Bonchev–Trinajstić information content (AvgIpc) is 2.22. The zero-order chi connectivity index (χ0) is 12.8. The summed E-state index contributed by atoms with van der Waals surface area (Å²) in [6.07, 6.45) is 0. The molecule has 0 atom stereocenters. The number of halogens is 1. The van der Waals surface area contributed by atoms with Gasteiger partial charge in [-0.2, -0.15) is 0 Å². The summed E-state index contributed by atoms with van der Waals surface area (Å²) in [6, 6.07) is 4.79. The fourth-order valence-corrected chi connectivity index (χ4v) is 1.87. The Labute approximate surface area is 104 Å². The van der Waals surface area contributed by atoms with E-state index in [-0.39, 0.29) is 10.8 Å². The normalized spacial score (nSPS) is 12.0. The molecule has 0 radical (unpaired) electrons. The highest BCUT2D eigenvalue weighted by atomic mass is 35.5. The summed E-state index contributed by atoms with van der Waals surface area (Å²) in [5.74, 6) is -0.0503. The Morgan fingerprint density at radius 3 is 2.59 bits per heavy atom. The number of aromatic nitrogens is 1. The van der Waals surface area contributed by atoms with E-state index in [2.05, 4.69) is 4.98 Å². The van der Waals surface area contributed by atoms with Crippen molar-refractivity contribution in [2.24, 2.45) is 0 Å². The Balaban J connectivity index is 2.80. The number of hydrogen-bond donors (Lipinski definition) is 3. The smallest absolute Gasteiger partial charge is 0.143 e. The highest BCUT2D eigenvalue weighted by Gasteiger charge is 2.22. The van der Waals surface area contributed by atoms with Crippen LogP contribution in [0.1, 0.15) is 19.5 Å². The lowest BCUT2D eigenvalue weighted by atomic mass is 10.0. The lowest BCUT2D eigenvalue weighted by Crippen LogP contribution is -2.19. The fourth-order valence-electron chi connectivity index (χ4n) is 1.71. The van der Waals surface area contributed by atoms with Crippen LogP contribution >= 0.6 is 11.6 Å². The van der Waals surface area contributed by atoms with Gasteiger partial charge in [-0.3, -0.25) is 0 Å². The second kappa shape index (κ2) is 3.75. The number of nitrogen functional groups attached to an aromatic ring is 1. The van der Waals surface area contributed by atoms with Gasteiger partial charge in [-0.25, -0.2) is 4.98 Å². The largest absolute Gasteiger partial charge is 0.506 e. The molecule has 1 heterocycles. The van der Waals surface area contributed by atoms with E-state index in [1.165, 1.54) is 0 Å². The maximum absolute atomic E-state index is 9.92. The van der Waals surface area contributed by atoms with Gasteiger partial charge in [0.2, 0.25) is 0 Å². The number of phenols is 1. The molecule has 4 nitrogen and oxygen atoms in total. The third-order valence-corrected chi connectivity index (χ3v) is 2.83. The van der Waals surface area contributed by atoms with Crippen molar-refractivity contribution in [3.63, 3.8) is 0 Å². The van der Waals surface area contributed by atoms with E-state index >= 15 is 0 Å². The summed E-state index contributed by atoms with van der Waals surface area (Å²) < 4.78 is 0. The molecule has 0 aliphatic heterocycles. The minimum Gasteiger partial charge on any atom is -0.506 e. The zero-order valence-electron chi connectivity index (χ0n) is 9.53. The molecule has 0 aliphatic carbocycles. The maximum Gasteiger partial charge on any atom is 0.143 e. The minimum absolute atomic E-state index is 0.0503. The van der Waals surface area contributed by atoms with E-state index in [1.54, 1.807) is 32.0 Å². The van der Waals surface area contributed by atoms with Gasteiger partial charge in [-0.05, 0) is 32.0 Å². The van der Waals surface area contributed by atoms with Crippen LogP contribution < -0.4 is 5.73 Å². The average molecular weight is 253 g/mol. The van der Waals surface area contributed by atoms with Gasteiger partial charge in [0.05, 0.1) is 21.9 Å². The van der Waals surface area contributed by atoms with Crippen molar-refractivity contribution in [3.05, 3.63) is 28.9 Å². The quantitative estimate of drug-likeness (QED) is 0.728. The summed E-state index contributed by atoms with van der Waals surface area (Å²) in [6.45, 7) is 3.21. The van der Waals surface area contributed by atoms with Gasteiger partial charge in [-0.1, -0.05) is 11.6 Å². The molecule has 0 fully saturated rings. The third-order valence-electron chi connectivity index (χ3n) is 2.53. The van der Waals surface area contributed by atoms with Crippen molar-refractivity contribution in [1.82, 2.24) is 4.98 Å². The fraction of sp³-hybridized carbons (Fsp3) is 0.250. The van der Waals surface area contributed by atoms with Gasteiger partial charge in [0.25, 0.3) is 0 Å². The molecule has 0 amide bonds. The number of pyridine rings is 1. The first-order valence-electron chi connectivity index (χ1n) is 5.11. The second-order valence-corrected chi connectivity index (χ2v) is 4.86. The van der Waals surface area contributed by atoms with Crippen LogP contribution in [0.3, 0.4) is 0 Å². The molecule has 0 saturated heterocycles. The number of aromatic hydroxyl groups is 1. The molecule has 17 heavy (non-hydrogen) atoms. The van der Waals surface area contributed by atoms with Crippen LogP contribution in [0, 0.1) is 0 Å². The predicted molar refractivity (Wildman–Crippen MR) is 68.1 cm³/mol. The summed E-state index contributed by atoms with van der Waals surface area (Å²) in [5, 5.41) is 20.4. The number of phenolic OH excluding ortho intramolecular Hbond substituents is 1. The SMILES string of the molecule is CC(C)(O)c1nc2ccc(Cl)c(O)c2cc1N. The van der Waals surface area contributed by atoms with Crippen LogP contribution in [0.25, 0.3) is 10.9 Å². The summed E-state index contributed by atoms with van der Waals surface area (Å²) in [5.41, 5.74) is 5.93. The van der Waals surface area contributed by atoms with Gasteiger partial charge < -0.3 is 15.9 Å². The number of fused-ring (bicyclic) bond motifs is 1. The van der Waals surface area contributed by atoms with Crippen LogP contribution in [0.4, 0.5) is 5.69 Å². The highest BCUT2D eigenvalue weighted by molar-refractivity contribution is 6.33. The standard InChI is InChI=1S/C12H13ClN2O2/c1-12(2,17)11-8(14)5-6-9(15-11)4-3-7(13)10(6)16/h3-5,16-17H,14H2,1-2H3. The van der Waals surface area contributed by atoms with Crippen LogP contribution in [0.2, 0.25) is 5.02 Å². The number of nitrogens with two attached hydrogens (primary N) is 1. The number of benzene rings is 1. The molecule has 90 valence electrons. The molecule has 0 aliphatic rings. The van der Waals surface area contributed by atoms with Gasteiger partial charge in [0.15, 0.2) is 0 Å². The van der Waals surface area contributed by atoms with Crippen LogP contribution in [0.5, 0.6) is 5.75 Å². The first-order chi connectivity index (χ1) is 7.80. The topological polar surface area (TPSA) is 79.4 Å². The second-order valence-electron chi connectivity index (χ2n) is 4.45. The molecular formula is C12H13ClN2O2. The lowest BCUT2D eigenvalue weighted by molar-refractivity contribution is 0.0751. The van der Waals surface area contributed by atoms with Gasteiger partial charge >= 0.3 is 0 Å². The van der Waals surface area contributed by atoms with Crippen molar-refractivity contribution < 1.29 is 10.2 Å². The van der Waals surface area contributed by atoms with Crippen molar-refractivity contribution in [2.45, 2.75) is 19.4 Å². The number of rotatable bonds is 1. The van der Waals surface area contributed by atoms with E-state index in [1.807, 2.05) is 0 Å². The minimum atomic E-state index is -1.13. The summed E-state index contributed by atoms with van der Waals surface area (Å²) in [7, 11) is 0. The van der Waals surface area contributed by atoms with Crippen molar-refractivity contribution >= 4 is 28.2 Å². The highest BCUT2D eigenvalue weighted by Crippen LogP contribution is 2.35. The van der Waals surface area contributed by atoms with Gasteiger partial charge in [0.1, 0.15) is 11.4 Å². The Morgan fingerprint density at radius 1 is 1.35 bits per heavy atom. The molecule has 5 heteroatoms. The van der Waals surface area contributed by atoms with Crippen molar-refractivity contribution in [3.8, 4) is 5.75 Å². The number of nitrogens with zero attached hydrogens (tertiary/aromatic N) is 1. The number of aliphatic hydroxyl groups is 1. The lowest BCUT2D eigenvalue weighted by Gasteiger charge is -2.19. The van der Waals surface area contributed by atoms with Crippen LogP contribution in [-0.2, 0) is 5.60 Å². The van der Waals surface area contributed by atoms with E-state index in [0.29, 0.717) is 22.3 Å². The predicted octanol–water partition coefficient (Wildman–Crippen LogP) is 2.40. The molecule has 1 aromatic heterocycles. The van der Waals surface area contributed by atoms with Crippen LogP contribution in [-0.4, -0.2) is 15.2 Å². The monoisotopic (exact) mass is 252 g/mol. The summed E-state index contributed by atoms with van der Waals surface area (Å²) in [4.78, 5) is 4.25. The molecule has 0 bridgehead atoms. The summed E-state index contributed by atoms with van der Waals surface area (Å²) >= 11 is 5.80. The number of anilines is 1. The molecule has 0 saturated carbocycles. The van der Waals surface area contributed by atoms with Gasteiger partial charge in [-0.15, -0.1) is 0 Å². The molecule has 2 aromatic rings. The van der Waals surface area contributed by atoms with Crippen molar-refractivity contribution in [2.75, 3.05) is 5.73 Å². The van der Waals surface area contributed by atoms with Gasteiger partial charge in [0, 0.05) is 5.39 Å². The number of hydrogen-bond acceptors (Lipinski definition) is 4. The van der Waals surface area contributed by atoms with Crippen LogP contribution in [0.15, 0.2) is 18.2 Å².